The highest BCUT2D eigenvalue weighted by molar-refractivity contribution is 5.03. The van der Waals surface area contributed by atoms with Crippen molar-refractivity contribution in [3.8, 4) is 0 Å². The third-order valence-electron chi connectivity index (χ3n) is 4.93. The van der Waals surface area contributed by atoms with Crippen molar-refractivity contribution in [1.29, 1.82) is 0 Å². The Hall–Kier alpha value is -0.0800. The van der Waals surface area contributed by atoms with E-state index in [0.29, 0.717) is 6.04 Å². The number of rotatable bonds is 2. The maximum Gasteiger partial charge on any atom is 0.0817 e. The second kappa shape index (κ2) is 3.74. The van der Waals surface area contributed by atoms with Crippen LogP contribution in [0.5, 0.6) is 0 Å². The van der Waals surface area contributed by atoms with Gasteiger partial charge in [-0.15, -0.1) is 0 Å². The Labute approximate surface area is 92.7 Å². The predicted octanol–water partition coefficient (Wildman–Crippen LogP) is 2.17. The molecule has 1 saturated carbocycles. The molecule has 86 valence electrons. The minimum atomic E-state index is -0.314. The highest BCUT2D eigenvalue weighted by atomic mass is 16.3. The molecular formula is C13H23NO. The van der Waals surface area contributed by atoms with Gasteiger partial charge in [0.2, 0.25) is 0 Å². The van der Waals surface area contributed by atoms with Crippen LogP contribution in [-0.4, -0.2) is 34.7 Å². The summed E-state index contributed by atoms with van der Waals surface area (Å²) in [5.74, 6) is 0.829. The Bertz CT molecular complexity index is 237. The van der Waals surface area contributed by atoms with Crippen LogP contribution >= 0.6 is 0 Å². The summed E-state index contributed by atoms with van der Waals surface area (Å²) in [4.78, 5) is 2.52. The van der Waals surface area contributed by atoms with Crippen LogP contribution in [-0.2, 0) is 0 Å². The first-order valence-electron chi connectivity index (χ1n) is 6.74. The molecule has 2 nitrogen and oxygen atoms in total. The van der Waals surface area contributed by atoms with Crippen LogP contribution in [0.15, 0.2) is 0 Å². The third-order valence-corrected chi connectivity index (χ3v) is 4.93. The number of aliphatic hydroxyl groups is 1. The maximum absolute atomic E-state index is 10.8. The van der Waals surface area contributed by atoms with Gasteiger partial charge in [-0.3, -0.25) is 4.90 Å². The SMILES string of the molecule is OC1(CC2CCCC2)CCN2CCCC21. The molecular weight excluding hydrogens is 186 g/mol. The fraction of sp³-hybridized carbons (Fsp3) is 1.00. The van der Waals surface area contributed by atoms with E-state index < -0.39 is 0 Å². The van der Waals surface area contributed by atoms with Gasteiger partial charge in [-0.1, -0.05) is 25.7 Å². The zero-order chi connectivity index (χ0) is 10.3. The number of hydrogen-bond acceptors (Lipinski definition) is 2. The van der Waals surface area contributed by atoms with Crippen LogP contribution in [0.1, 0.15) is 51.4 Å². The number of nitrogens with zero attached hydrogens (tertiary/aromatic N) is 1. The van der Waals surface area contributed by atoms with Gasteiger partial charge in [0.05, 0.1) is 5.60 Å². The lowest BCUT2D eigenvalue weighted by atomic mass is 9.83. The zero-order valence-corrected chi connectivity index (χ0v) is 9.62. The van der Waals surface area contributed by atoms with E-state index in [0.717, 1.165) is 25.3 Å². The van der Waals surface area contributed by atoms with Crippen LogP contribution in [0.2, 0.25) is 0 Å². The molecule has 3 fully saturated rings. The van der Waals surface area contributed by atoms with E-state index in [1.807, 2.05) is 0 Å². The molecule has 2 heteroatoms. The summed E-state index contributed by atoms with van der Waals surface area (Å²) in [6, 6.07) is 0.512. The van der Waals surface area contributed by atoms with Crippen LogP contribution < -0.4 is 0 Å². The summed E-state index contributed by atoms with van der Waals surface area (Å²) >= 11 is 0. The quantitative estimate of drug-likeness (QED) is 0.753. The molecule has 2 unspecified atom stereocenters. The molecule has 0 spiro atoms. The number of fused-ring (bicyclic) bond motifs is 1. The van der Waals surface area contributed by atoms with E-state index in [-0.39, 0.29) is 5.60 Å². The third kappa shape index (κ3) is 1.72. The summed E-state index contributed by atoms with van der Waals surface area (Å²) < 4.78 is 0. The highest BCUT2D eigenvalue weighted by Crippen LogP contribution is 2.42. The van der Waals surface area contributed by atoms with Crippen LogP contribution in [0.25, 0.3) is 0 Å². The molecule has 0 aromatic heterocycles. The first-order chi connectivity index (χ1) is 7.28. The van der Waals surface area contributed by atoms with Crippen molar-refractivity contribution in [1.82, 2.24) is 4.90 Å². The molecule has 0 radical (unpaired) electrons. The summed E-state index contributed by atoms with van der Waals surface area (Å²) in [6.07, 6.45) is 10.2. The largest absolute Gasteiger partial charge is 0.388 e. The smallest absolute Gasteiger partial charge is 0.0817 e. The van der Waals surface area contributed by atoms with Gasteiger partial charge in [0.1, 0.15) is 0 Å². The van der Waals surface area contributed by atoms with Crippen LogP contribution in [0.3, 0.4) is 0 Å². The van der Waals surface area contributed by atoms with Gasteiger partial charge in [0.15, 0.2) is 0 Å². The minimum absolute atomic E-state index is 0.314. The molecule has 0 aromatic rings. The van der Waals surface area contributed by atoms with E-state index in [2.05, 4.69) is 4.90 Å². The average molecular weight is 209 g/mol. The lowest BCUT2D eigenvalue weighted by molar-refractivity contribution is -0.00764. The second-order valence-electron chi connectivity index (χ2n) is 5.90. The van der Waals surface area contributed by atoms with Crippen LogP contribution in [0, 0.1) is 5.92 Å². The van der Waals surface area contributed by atoms with Gasteiger partial charge in [-0.25, -0.2) is 0 Å². The second-order valence-corrected chi connectivity index (χ2v) is 5.90. The van der Waals surface area contributed by atoms with Gasteiger partial charge < -0.3 is 5.11 Å². The predicted molar refractivity (Wildman–Crippen MR) is 60.7 cm³/mol. The lowest BCUT2D eigenvalue weighted by Crippen LogP contribution is -2.42. The molecule has 0 aromatic carbocycles. The van der Waals surface area contributed by atoms with Gasteiger partial charge >= 0.3 is 0 Å². The van der Waals surface area contributed by atoms with E-state index in [1.165, 1.54) is 45.1 Å². The molecule has 0 amide bonds. The first-order valence-corrected chi connectivity index (χ1v) is 6.74. The fourth-order valence-electron chi connectivity index (χ4n) is 4.16. The Morgan fingerprint density at radius 1 is 1.07 bits per heavy atom. The molecule has 15 heavy (non-hydrogen) atoms. The lowest BCUT2D eigenvalue weighted by Gasteiger charge is -2.32. The molecule has 2 heterocycles. The van der Waals surface area contributed by atoms with Crippen molar-refractivity contribution >= 4 is 0 Å². The van der Waals surface area contributed by atoms with E-state index in [4.69, 9.17) is 0 Å². The zero-order valence-electron chi connectivity index (χ0n) is 9.62. The van der Waals surface area contributed by atoms with Crippen LogP contribution in [0.4, 0.5) is 0 Å². The van der Waals surface area contributed by atoms with Gasteiger partial charge in [-0.2, -0.15) is 0 Å². The molecule has 3 rings (SSSR count). The molecule has 3 aliphatic rings. The molecule has 2 saturated heterocycles. The van der Waals surface area contributed by atoms with Crippen molar-refractivity contribution < 1.29 is 5.11 Å². The van der Waals surface area contributed by atoms with Gasteiger partial charge in [-0.05, 0) is 38.1 Å². The van der Waals surface area contributed by atoms with Crippen molar-refractivity contribution in [2.45, 2.75) is 63.0 Å². The topological polar surface area (TPSA) is 23.5 Å². The van der Waals surface area contributed by atoms with E-state index >= 15 is 0 Å². The maximum atomic E-state index is 10.8. The molecule has 1 N–H and O–H groups in total. The molecule has 0 bridgehead atoms. The number of hydrogen-bond donors (Lipinski definition) is 1. The summed E-state index contributed by atoms with van der Waals surface area (Å²) in [5, 5.41) is 10.8. The highest BCUT2D eigenvalue weighted by Gasteiger charge is 2.48. The van der Waals surface area contributed by atoms with E-state index in [1.54, 1.807) is 0 Å². The summed E-state index contributed by atoms with van der Waals surface area (Å²) in [6.45, 7) is 2.38. The van der Waals surface area contributed by atoms with Crippen molar-refractivity contribution in [2.24, 2.45) is 5.92 Å². The molecule has 1 aliphatic carbocycles. The van der Waals surface area contributed by atoms with Crippen molar-refractivity contribution in [3.05, 3.63) is 0 Å². The van der Waals surface area contributed by atoms with Gasteiger partial charge in [0.25, 0.3) is 0 Å². The Morgan fingerprint density at radius 3 is 2.67 bits per heavy atom. The molecule has 2 atom stereocenters. The monoisotopic (exact) mass is 209 g/mol. The van der Waals surface area contributed by atoms with Gasteiger partial charge in [0, 0.05) is 12.6 Å². The summed E-state index contributed by atoms with van der Waals surface area (Å²) in [7, 11) is 0. The first kappa shape index (κ1) is 10.1. The standard InChI is InChI=1S/C13H23NO/c15-13(10-11-4-1-2-5-11)7-9-14-8-3-6-12(13)14/h11-12,15H,1-10H2. The molecule has 2 aliphatic heterocycles. The summed E-state index contributed by atoms with van der Waals surface area (Å²) in [5.41, 5.74) is -0.314. The van der Waals surface area contributed by atoms with E-state index in [9.17, 15) is 5.11 Å². The average Bonchev–Trinajstić information content (AvgIpc) is 2.87. The Balaban J connectivity index is 1.67. The Kier molecular flexibility index (Phi) is 2.52. The van der Waals surface area contributed by atoms with Crippen molar-refractivity contribution in [3.63, 3.8) is 0 Å². The minimum Gasteiger partial charge on any atom is -0.388 e. The Morgan fingerprint density at radius 2 is 1.87 bits per heavy atom. The fourth-order valence-corrected chi connectivity index (χ4v) is 4.16. The normalized spacial score (nSPS) is 42.6. The van der Waals surface area contributed by atoms with Crippen molar-refractivity contribution in [2.75, 3.05) is 13.1 Å².